The molecule has 1 aliphatic rings. The van der Waals surface area contributed by atoms with Gasteiger partial charge in [0.2, 0.25) is 5.91 Å². The average Bonchev–Trinajstić information content (AvgIpc) is 2.67. The predicted molar refractivity (Wildman–Crippen MR) is 67.0 cm³/mol. The van der Waals surface area contributed by atoms with Crippen LogP contribution >= 0.6 is 0 Å². The van der Waals surface area contributed by atoms with E-state index >= 15 is 0 Å². The fourth-order valence-electron chi connectivity index (χ4n) is 2.28. The van der Waals surface area contributed by atoms with Gasteiger partial charge in [-0.25, -0.2) is 0 Å². The fraction of sp³-hybridized carbons (Fsp3) is 0.923. The quantitative estimate of drug-likeness (QED) is 0.774. The number of nitrogens with one attached hydrogen (secondary N) is 1. The van der Waals surface area contributed by atoms with Gasteiger partial charge in [0.1, 0.15) is 0 Å². The lowest BCUT2D eigenvalue weighted by molar-refractivity contribution is -0.125. The summed E-state index contributed by atoms with van der Waals surface area (Å²) < 4.78 is 0. The predicted octanol–water partition coefficient (Wildman–Crippen LogP) is 2.05. The Kier molecular flexibility index (Phi) is 4.36. The van der Waals surface area contributed by atoms with Crippen molar-refractivity contribution in [3.8, 4) is 0 Å². The zero-order valence-electron chi connectivity index (χ0n) is 11.0. The summed E-state index contributed by atoms with van der Waals surface area (Å²) in [6.07, 6.45) is 5.09. The van der Waals surface area contributed by atoms with Crippen LogP contribution in [0.4, 0.5) is 0 Å². The molecule has 0 heterocycles. The Hall–Kier alpha value is -0.570. The van der Waals surface area contributed by atoms with Gasteiger partial charge in [-0.2, -0.15) is 0 Å². The molecule has 1 amide bonds. The van der Waals surface area contributed by atoms with E-state index in [0.717, 1.165) is 0 Å². The molecule has 3 nitrogen and oxygen atoms in total. The Morgan fingerprint density at radius 1 is 1.31 bits per heavy atom. The van der Waals surface area contributed by atoms with Gasteiger partial charge in [0.25, 0.3) is 0 Å². The SMILES string of the molecule is C[C@@H](NC(=O)[C@H](N)C(C)(C)C)C1CCCC1. The van der Waals surface area contributed by atoms with Crippen LogP contribution < -0.4 is 11.1 Å². The van der Waals surface area contributed by atoms with Crippen LogP contribution in [0.15, 0.2) is 0 Å². The summed E-state index contributed by atoms with van der Waals surface area (Å²) in [6, 6.07) is -0.153. The minimum absolute atomic E-state index is 0.00750. The second kappa shape index (κ2) is 5.17. The number of nitrogens with two attached hydrogens (primary N) is 1. The highest BCUT2D eigenvalue weighted by Crippen LogP contribution is 2.27. The molecule has 1 rings (SSSR count). The van der Waals surface area contributed by atoms with Gasteiger partial charge in [-0.3, -0.25) is 4.79 Å². The number of rotatable bonds is 3. The molecule has 0 bridgehead atoms. The summed E-state index contributed by atoms with van der Waals surface area (Å²) in [6.45, 7) is 8.09. The number of hydrogen-bond donors (Lipinski definition) is 2. The van der Waals surface area contributed by atoms with Crippen LogP contribution in [0, 0.1) is 11.3 Å². The van der Waals surface area contributed by atoms with E-state index in [1.807, 2.05) is 20.8 Å². The van der Waals surface area contributed by atoms with Crippen molar-refractivity contribution in [3.63, 3.8) is 0 Å². The van der Waals surface area contributed by atoms with E-state index in [1.54, 1.807) is 0 Å². The smallest absolute Gasteiger partial charge is 0.237 e. The molecule has 94 valence electrons. The van der Waals surface area contributed by atoms with Crippen molar-refractivity contribution in [2.24, 2.45) is 17.1 Å². The molecule has 3 heteroatoms. The maximum Gasteiger partial charge on any atom is 0.237 e. The summed E-state index contributed by atoms with van der Waals surface area (Å²) in [5.74, 6) is 0.642. The molecule has 0 aromatic carbocycles. The largest absolute Gasteiger partial charge is 0.352 e. The molecule has 0 aliphatic heterocycles. The van der Waals surface area contributed by atoms with Gasteiger partial charge < -0.3 is 11.1 Å². The summed E-state index contributed by atoms with van der Waals surface area (Å²) in [5.41, 5.74) is 5.76. The van der Waals surface area contributed by atoms with Gasteiger partial charge in [0.05, 0.1) is 6.04 Å². The van der Waals surface area contributed by atoms with E-state index in [9.17, 15) is 4.79 Å². The molecule has 0 spiro atoms. The molecule has 1 saturated carbocycles. The van der Waals surface area contributed by atoms with Crippen LogP contribution in [0.5, 0.6) is 0 Å². The lowest BCUT2D eigenvalue weighted by Gasteiger charge is -2.29. The van der Waals surface area contributed by atoms with Crippen molar-refractivity contribution >= 4 is 5.91 Å². The molecular weight excluding hydrogens is 200 g/mol. The summed E-state index contributed by atoms with van der Waals surface area (Å²) in [7, 11) is 0. The van der Waals surface area contributed by atoms with Gasteiger partial charge >= 0.3 is 0 Å². The Morgan fingerprint density at radius 3 is 2.25 bits per heavy atom. The summed E-state index contributed by atoms with van der Waals surface area (Å²) >= 11 is 0. The molecule has 16 heavy (non-hydrogen) atoms. The van der Waals surface area contributed by atoms with E-state index in [0.29, 0.717) is 5.92 Å². The molecule has 0 radical (unpaired) electrons. The average molecular weight is 226 g/mol. The van der Waals surface area contributed by atoms with Crippen molar-refractivity contribution in [1.82, 2.24) is 5.32 Å². The van der Waals surface area contributed by atoms with Gasteiger partial charge in [-0.1, -0.05) is 33.6 Å². The van der Waals surface area contributed by atoms with Crippen LogP contribution in [-0.4, -0.2) is 18.0 Å². The van der Waals surface area contributed by atoms with Crippen LogP contribution in [0.25, 0.3) is 0 Å². The Bertz CT molecular complexity index is 239. The normalized spacial score (nSPS) is 21.8. The summed E-state index contributed by atoms with van der Waals surface area (Å²) in [4.78, 5) is 11.9. The maximum atomic E-state index is 11.9. The molecule has 0 aromatic rings. The number of hydrogen-bond acceptors (Lipinski definition) is 2. The minimum Gasteiger partial charge on any atom is -0.352 e. The van der Waals surface area contributed by atoms with E-state index in [-0.39, 0.29) is 17.4 Å². The first-order valence-corrected chi connectivity index (χ1v) is 6.38. The van der Waals surface area contributed by atoms with Crippen LogP contribution in [-0.2, 0) is 4.79 Å². The number of amides is 1. The van der Waals surface area contributed by atoms with Crippen molar-refractivity contribution in [2.75, 3.05) is 0 Å². The van der Waals surface area contributed by atoms with Crippen molar-refractivity contribution in [1.29, 1.82) is 0 Å². The number of carbonyl (C=O) groups excluding carboxylic acids is 1. The van der Waals surface area contributed by atoms with Gasteiger partial charge in [-0.15, -0.1) is 0 Å². The Morgan fingerprint density at radius 2 is 1.81 bits per heavy atom. The van der Waals surface area contributed by atoms with Crippen molar-refractivity contribution in [3.05, 3.63) is 0 Å². The van der Waals surface area contributed by atoms with Gasteiger partial charge in [0.15, 0.2) is 0 Å². The van der Waals surface area contributed by atoms with Gasteiger partial charge in [0, 0.05) is 6.04 Å². The monoisotopic (exact) mass is 226 g/mol. The molecule has 1 fully saturated rings. The third-order valence-electron chi connectivity index (χ3n) is 3.69. The zero-order chi connectivity index (χ0) is 12.3. The van der Waals surface area contributed by atoms with E-state index < -0.39 is 6.04 Å². The van der Waals surface area contributed by atoms with Gasteiger partial charge in [-0.05, 0) is 31.1 Å². The molecule has 0 aromatic heterocycles. The Labute approximate surface area is 99.2 Å². The van der Waals surface area contributed by atoms with Crippen molar-refractivity contribution < 1.29 is 4.79 Å². The first-order chi connectivity index (χ1) is 7.32. The van der Waals surface area contributed by atoms with Crippen molar-refractivity contribution in [2.45, 2.75) is 65.5 Å². The minimum atomic E-state index is -0.420. The molecule has 3 N–H and O–H groups in total. The lowest BCUT2D eigenvalue weighted by Crippen LogP contribution is -2.52. The first kappa shape index (κ1) is 13.5. The molecule has 0 saturated heterocycles. The van der Waals surface area contributed by atoms with E-state index in [2.05, 4.69) is 12.2 Å². The molecule has 2 atom stereocenters. The standard InChI is InChI=1S/C13H26N2O/c1-9(10-7-5-6-8-10)15-12(16)11(14)13(2,3)4/h9-11H,5-8,14H2,1-4H3,(H,15,16)/t9-,11+/m1/s1. The molecular formula is C13H26N2O. The topological polar surface area (TPSA) is 55.1 Å². The summed E-state index contributed by atoms with van der Waals surface area (Å²) in [5, 5.41) is 3.06. The Balaban J connectivity index is 2.44. The zero-order valence-corrected chi connectivity index (χ0v) is 11.0. The van der Waals surface area contributed by atoms with E-state index in [1.165, 1.54) is 25.7 Å². The molecule has 1 aliphatic carbocycles. The third-order valence-corrected chi connectivity index (χ3v) is 3.69. The highest BCUT2D eigenvalue weighted by Gasteiger charge is 2.30. The highest BCUT2D eigenvalue weighted by molar-refractivity contribution is 5.82. The lowest BCUT2D eigenvalue weighted by atomic mass is 9.86. The third kappa shape index (κ3) is 3.48. The number of carbonyl (C=O) groups is 1. The fourth-order valence-corrected chi connectivity index (χ4v) is 2.28. The maximum absolute atomic E-state index is 11.9. The van der Waals surface area contributed by atoms with Crippen LogP contribution in [0.3, 0.4) is 0 Å². The second-order valence-corrected chi connectivity index (χ2v) is 6.19. The first-order valence-electron chi connectivity index (χ1n) is 6.38. The van der Waals surface area contributed by atoms with E-state index in [4.69, 9.17) is 5.73 Å². The van der Waals surface area contributed by atoms with Crippen LogP contribution in [0.2, 0.25) is 0 Å². The highest BCUT2D eigenvalue weighted by atomic mass is 16.2. The second-order valence-electron chi connectivity index (χ2n) is 6.19. The van der Waals surface area contributed by atoms with Crippen LogP contribution in [0.1, 0.15) is 53.4 Å². The molecule has 0 unspecified atom stereocenters.